The van der Waals surface area contributed by atoms with Crippen molar-refractivity contribution in [3.63, 3.8) is 0 Å². The number of rotatable bonds is 1. The van der Waals surface area contributed by atoms with Crippen molar-refractivity contribution >= 4 is 21.6 Å². The summed E-state index contributed by atoms with van der Waals surface area (Å²) in [5.74, 6) is 0. The minimum absolute atomic E-state index is 0.341. The van der Waals surface area contributed by atoms with Crippen LogP contribution in [0.5, 0.6) is 0 Å². The fourth-order valence-electron chi connectivity index (χ4n) is 2.09. The summed E-state index contributed by atoms with van der Waals surface area (Å²) in [6.45, 7) is 4.50. The van der Waals surface area contributed by atoms with Gasteiger partial charge in [-0.05, 0) is 41.1 Å². The molecule has 100 valence electrons. The van der Waals surface area contributed by atoms with Gasteiger partial charge in [0.05, 0.1) is 11.3 Å². The Hall–Kier alpha value is -0.750. The van der Waals surface area contributed by atoms with Gasteiger partial charge in [0, 0.05) is 30.1 Å². The first-order valence-electron chi connectivity index (χ1n) is 5.73. The monoisotopic (exact) mass is 322 g/mol. The summed E-state index contributed by atoms with van der Waals surface area (Å²) >= 11 is 3.23. The lowest BCUT2D eigenvalue weighted by molar-refractivity contribution is -0.137. The Morgan fingerprint density at radius 1 is 1.39 bits per heavy atom. The zero-order valence-electron chi connectivity index (χ0n) is 9.89. The molecule has 0 spiro atoms. The topological polar surface area (TPSA) is 15.3 Å². The number of hydrogen-bond acceptors (Lipinski definition) is 2. The third-order valence-corrected chi connectivity index (χ3v) is 3.62. The van der Waals surface area contributed by atoms with E-state index in [0.717, 1.165) is 37.5 Å². The molecule has 18 heavy (non-hydrogen) atoms. The van der Waals surface area contributed by atoms with Gasteiger partial charge in [0.2, 0.25) is 0 Å². The van der Waals surface area contributed by atoms with Crippen molar-refractivity contribution in [3.05, 3.63) is 28.2 Å². The normalized spacial score (nSPS) is 21.2. The van der Waals surface area contributed by atoms with Gasteiger partial charge in [-0.25, -0.2) is 0 Å². The molecule has 1 fully saturated rings. The summed E-state index contributed by atoms with van der Waals surface area (Å²) in [7, 11) is 0. The van der Waals surface area contributed by atoms with E-state index in [-0.39, 0.29) is 0 Å². The maximum absolute atomic E-state index is 12.6. The second-order valence-electron chi connectivity index (χ2n) is 4.47. The van der Waals surface area contributed by atoms with E-state index in [1.165, 1.54) is 6.07 Å². The van der Waals surface area contributed by atoms with Crippen LogP contribution >= 0.6 is 15.9 Å². The van der Waals surface area contributed by atoms with Crippen molar-refractivity contribution in [2.75, 3.05) is 24.5 Å². The Balaban J connectivity index is 2.24. The molecule has 1 aliphatic rings. The number of anilines is 1. The highest BCUT2D eigenvalue weighted by Gasteiger charge is 2.31. The third-order valence-electron chi connectivity index (χ3n) is 2.98. The molecule has 0 unspecified atom stereocenters. The highest BCUT2D eigenvalue weighted by atomic mass is 79.9. The molecule has 1 N–H and O–H groups in total. The summed E-state index contributed by atoms with van der Waals surface area (Å²) < 4.78 is 38.2. The molecular weight excluding hydrogens is 309 g/mol. The van der Waals surface area contributed by atoms with Crippen molar-refractivity contribution in [2.45, 2.75) is 19.1 Å². The molecule has 2 nitrogen and oxygen atoms in total. The third kappa shape index (κ3) is 2.98. The van der Waals surface area contributed by atoms with Crippen LogP contribution in [0.15, 0.2) is 22.7 Å². The molecular formula is C12H14BrF3N2. The number of alkyl halides is 3. The van der Waals surface area contributed by atoms with Crippen LogP contribution in [0.25, 0.3) is 0 Å². The van der Waals surface area contributed by atoms with Crippen LogP contribution in [0.4, 0.5) is 18.9 Å². The van der Waals surface area contributed by atoms with E-state index < -0.39 is 11.7 Å². The predicted octanol–water partition coefficient (Wildman–Crippen LogP) is 3.27. The molecule has 0 radical (unpaired) electrons. The molecule has 0 amide bonds. The minimum atomic E-state index is -4.29. The van der Waals surface area contributed by atoms with Gasteiger partial charge in [0.1, 0.15) is 0 Å². The number of nitrogens with zero attached hydrogens (tertiary/aromatic N) is 1. The van der Waals surface area contributed by atoms with Crippen LogP contribution in [0.1, 0.15) is 12.5 Å². The van der Waals surface area contributed by atoms with E-state index in [4.69, 9.17) is 0 Å². The minimum Gasteiger partial charge on any atom is -0.368 e. The lowest BCUT2D eigenvalue weighted by atomic mass is 10.1. The van der Waals surface area contributed by atoms with Gasteiger partial charge in [-0.3, -0.25) is 0 Å². The van der Waals surface area contributed by atoms with E-state index in [9.17, 15) is 13.2 Å². The van der Waals surface area contributed by atoms with Gasteiger partial charge in [-0.15, -0.1) is 0 Å². The molecule has 0 aliphatic carbocycles. The molecule has 1 aliphatic heterocycles. The first kappa shape index (κ1) is 13.7. The number of nitrogens with one attached hydrogen (secondary N) is 1. The number of benzene rings is 1. The Morgan fingerprint density at radius 2 is 2.11 bits per heavy atom. The fourth-order valence-corrected chi connectivity index (χ4v) is 2.72. The average molecular weight is 323 g/mol. The Labute approximate surface area is 112 Å². The predicted molar refractivity (Wildman–Crippen MR) is 68.8 cm³/mol. The first-order chi connectivity index (χ1) is 8.38. The van der Waals surface area contributed by atoms with Gasteiger partial charge in [-0.2, -0.15) is 13.2 Å². The maximum Gasteiger partial charge on any atom is 0.416 e. The number of hydrogen-bond donors (Lipinski definition) is 1. The Morgan fingerprint density at radius 3 is 2.67 bits per heavy atom. The number of piperazine rings is 1. The first-order valence-corrected chi connectivity index (χ1v) is 6.52. The molecule has 0 bridgehead atoms. The smallest absolute Gasteiger partial charge is 0.368 e. The molecule has 1 atom stereocenters. The summed E-state index contributed by atoms with van der Waals surface area (Å²) in [6.07, 6.45) is -4.29. The summed E-state index contributed by atoms with van der Waals surface area (Å²) in [6, 6.07) is 4.15. The van der Waals surface area contributed by atoms with Crippen LogP contribution in [0.3, 0.4) is 0 Å². The van der Waals surface area contributed by atoms with E-state index in [1.807, 2.05) is 0 Å². The van der Waals surface area contributed by atoms with Crippen molar-refractivity contribution in [2.24, 2.45) is 0 Å². The van der Waals surface area contributed by atoms with Gasteiger partial charge in [0.25, 0.3) is 0 Å². The zero-order chi connectivity index (χ0) is 13.3. The Bertz CT molecular complexity index is 434. The summed E-state index contributed by atoms with van der Waals surface area (Å²) in [5.41, 5.74) is 0.192. The van der Waals surface area contributed by atoms with Crippen LogP contribution in [0, 0.1) is 0 Å². The quantitative estimate of drug-likeness (QED) is 0.853. The lowest BCUT2D eigenvalue weighted by Gasteiger charge is -2.34. The maximum atomic E-state index is 12.6. The molecule has 1 aromatic rings. The van der Waals surface area contributed by atoms with Crippen LogP contribution in [-0.2, 0) is 6.18 Å². The average Bonchev–Trinajstić information content (AvgIpc) is 2.27. The summed E-state index contributed by atoms with van der Waals surface area (Å²) in [5, 5.41) is 3.30. The fraction of sp³-hybridized carbons (Fsp3) is 0.500. The highest BCUT2D eigenvalue weighted by Crippen LogP contribution is 2.35. The second-order valence-corrected chi connectivity index (χ2v) is 5.32. The van der Waals surface area contributed by atoms with Crippen LogP contribution in [-0.4, -0.2) is 25.7 Å². The second kappa shape index (κ2) is 5.09. The molecule has 0 saturated carbocycles. The zero-order valence-corrected chi connectivity index (χ0v) is 11.5. The standard InChI is InChI=1S/C12H14BrF3N2/c1-8-7-18(5-4-17-8)11-3-2-9(6-10(11)13)12(14,15)16/h2-3,6,8,17H,4-5,7H2,1H3/t8-/m0/s1. The van der Waals surface area contributed by atoms with E-state index >= 15 is 0 Å². The van der Waals surface area contributed by atoms with Crippen LogP contribution in [0.2, 0.25) is 0 Å². The molecule has 1 heterocycles. The van der Waals surface area contributed by atoms with Crippen molar-refractivity contribution in [3.8, 4) is 0 Å². The van der Waals surface area contributed by atoms with Gasteiger partial charge in [-0.1, -0.05) is 0 Å². The molecule has 1 saturated heterocycles. The lowest BCUT2D eigenvalue weighted by Crippen LogP contribution is -2.49. The van der Waals surface area contributed by atoms with Crippen molar-refractivity contribution < 1.29 is 13.2 Å². The number of halogens is 4. The summed E-state index contributed by atoms with van der Waals surface area (Å²) in [4.78, 5) is 2.09. The highest BCUT2D eigenvalue weighted by molar-refractivity contribution is 9.10. The van der Waals surface area contributed by atoms with Crippen molar-refractivity contribution in [1.29, 1.82) is 0 Å². The van der Waals surface area contributed by atoms with E-state index in [1.54, 1.807) is 0 Å². The van der Waals surface area contributed by atoms with Gasteiger partial charge >= 0.3 is 6.18 Å². The van der Waals surface area contributed by atoms with Crippen LogP contribution < -0.4 is 10.2 Å². The molecule has 0 aromatic heterocycles. The van der Waals surface area contributed by atoms with Crippen molar-refractivity contribution in [1.82, 2.24) is 5.32 Å². The van der Waals surface area contributed by atoms with E-state index in [0.29, 0.717) is 10.5 Å². The SMILES string of the molecule is C[C@H]1CN(c2ccc(C(F)(F)F)cc2Br)CCN1. The Kier molecular flexibility index (Phi) is 3.87. The van der Waals surface area contributed by atoms with Gasteiger partial charge < -0.3 is 10.2 Å². The molecule has 2 rings (SSSR count). The van der Waals surface area contributed by atoms with Gasteiger partial charge in [0.15, 0.2) is 0 Å². The molecule has 1 aromatic carbocycles. The van der Waals surface area contributed by atoms with E-state index in [2.05, 4.69) is 33.1 Å². The molecule has 6 heteroatoms. The largest absolute Gasteiger partial charge is 0.416 e.